The van der Waals surface area contributed by atoms with E-state index in [9.17, 15) is 4.79 Å². The van der Waals surface area contributed by atoms with E-state index in [4.69, 9.17) is 17.3 Å². The number of rotatable bonds is 4. The van der Waals surface area contributed by atoms with Gasteiger partial charge in [0.05, 0.1) is 6.04 Å². The molecule has 4 heteroatoms. The number of benzene rings is 1. The fourth-order valence-corrected chi connectivity index (χ4v) is 1.78. The number of hydrogen-bond acceptors (Lipinski definition) is 3. The van der Waals surface area contributed by atoms with Crippen LogP contribution in [0.3, 0.4) is 0 Å². The third-order valence-electron chi connectivity index (χ3n) is 3.09. The topological polar surface area (TPSA) is 46.3 Å². The summed E-state index contributed by atoms with van der Waals surface area (Å²) >= 11 is 5.99. The number of nitrogens with two attached hydrogens (primary N) is 1. The number of nitrogen functional groups attached to an aromatic ring is 1. The summed E-state index contributed by atoms with van der Waals surface area (Å²) in [6, 6.07) is 3.63. The standard InChI is InChI=1S/C13H19ClN2O/c1-8-5-11(13(15)6-12(8)14)7-16(4)9(2)10(3)17/h5-6,9H,7,15H2,1-4H3. The molecule has 0 spiro atoms. The molecule has 0 aliphatic rings. The first-order valence-electron chi connectivity index (χ1n) is 5.58. The number of anilines is 1. The zero-order chi connectivity index (χ0) is 13.2. The molecule has 1 unspecified atom stereocenters. The van der Waals surface area contributed by atoms with Gasteiger partial charge < -0.3 is 5.73 Å². The Labute approximate surface area is 108 Å². The second-order valence-electron chi connectivity index (χ2n) is 4.50. The second kappa shape index (κ2) is 5.52. The monoisotopic (exact) mass is 254 g/mol. The molecular formula is C13H19ClN2O. The lowest BCUT2D eigenvalue weighted by Gasteiger charge is -2.23. The van der Waals surface area contributed by atoms with Gasteiger partial charge in [0.25, 0.3) is 0 Å². The number of likely N-dealkylation sites (N-methyl/N-ethyl adjacent to an activating group) is 1. The average Bonchev–Trinajstić information content (AvgIpc) is 2.24. The van der Waals surface area contributed by atoms with Gasteiger partial charge in [-0.15, -0.1) is 0 Å². The van der Waals surface area contributed by atoms with Crippen LogP contribution >= 0.6 is 11.6 Å². The number of halogens is 1. The van der Waals surface area contributed by atoms with Crippen molar-refractivity contribution < 1.29 is 4.79 Å². The summed E-state index contributed by atoms with van der Waals surface area (Å²) in [7, 11) is 1.91. The largest absolute Gasteiger partial charge is 0.398 e. The molecule has 0 amide bonds. The predicted molar refractivity (Wildman–Crippen MR) is 72.2 cm³/mol. The van der Waals surface area contributed by atoms with Crippen LogP contribution < -0.4 is 5.73 Å². The molecule has 1 aromatic rings. The maximum Gasteiger partial charge on any atom is 0.146 e. The lowest BCUT2D eigenvalue weighted by molar-refractivity contribution is -0.121. The average molecular weight is 255 g/mol. The Morgan fingerprint density at radius 3 is 2.65 bits per heavy atom. The van der Waals surface area contributed by atoms with Gasteiger partial charge in [-0.3, -0.25) is 9.69 Å². The van der Waals surface area contributed by atoms with E-state index >= 15 is 0 Å². The quantitative estimate of drug-likeness (QED) is 0.841. The van der Waals surface area contributed by atoms with E-state index in [1.807, 2.05) is 31.9 Å². The Kier molecular flexibility index (Phi) is 4.54. The van der Waals surface area contributed by atoms with Crippen LogP contribution in [-0.4, -0.2) is 23.8 Å². The third-order valence-corrected chi connectivity index (χ3v) is 3.50. The van der Waals surface area contributed by atoms with Crippen molar-refractivity contribution in [1.29, 1.82) is 0 Å². The van der Waals surface area contributed by atoms with E-state index in [0.29, 0.717) is 17.3 Å². The molecule has 2 N–H and O–H groups in total. The minimum atomic E-state index is -0.106. The highest BCUT2D eigenvalue weighted by Crippen LogP contribution is 2.24. The van der Waals surface area contributed by atoms with Crippen molar-refractivity contribution >= 4 is 23.1 Å². The number of Topliss-reactive ketones (excluding diaryl/α,β-unsaturated/α-hetero) is 1. The minimum Gasteiger partial charge on any atom is -0.398 e. The van der Waals surface area contributed by atoms with Crippen LogP contribution in [0.25, 0.3) is 0 Å². The van der Waals surface area contributed by atoms with Crippen molar-refractivity contribution in [1.82, 2.24) is 4.90 Å². The summed E-state index contributed by atoms with van der Waals surface area (Å²) in [5.41, 5.74) is 8.59. The normalized spacial score (nSPS) is 12.8. The van der Waals surface area contributed by atoms with E-state index < -0.39 is 0 Å². The molecule has 0 aliphatic heterocycles. The second-order valence-corrected chi connectivity index (χ2v) is 4.91. The number of ketones is 1. The smallest absolute Gasteiger partial charge is 0.146 e. The summed E-state index contributed by atoms with van der Waals surface area (Å²) in [4.78, 5) is 13.3. The van der Waals surface area contributed by atoms with Crippen LogP contribution in [0, 0.1) is 6.92 Å². The summed E-state index contributed by atoms with van der Waals surface area (Å²) in [6.45, 7) is 6.07. The number of carbonyl (C=O) groups is 1. The Hall–Kier alpha value is -1.06. The molecular weight excluding hydrogens is 236 g/mol. The van der Waals surface area contributed by atoms with Crippen molar-refractivity contribution in [2.45, 2.75) is 33.4 Å². The lowest BCUT2D eigenvalue weighted by Crippen LogP contribution is -2.34. The van der Waals surface area contributed by atoms with Crippen molar-refractivity contribution in [2.75, 3.05) is 12.8 Å². The molecule has 1 atom stereocenters. The minimum absolute atomic E-state index is 0.106. The van der Waals surface area contributed by atoms with Crippen molar-refractivity contribution in [2.24, 2.45) is 0 Å². The first-order chi connectivity index (χ1) is 7.82. The summed E-state index contributed by atoms with van der Waals surface area (Å²) < 4.78 is 0. The van der Waals surface area contributed by atoms with Crippen molar-refractivity contribution in [3.05, 3.63) is 28.3 Å². The Morgan fingerprint density at radius 1 is 1.53 bits per heavy atom. The molecule has 0 saturated carbocycles. The summed E-state index contributed by atoms with van der Waals surface area (Å²) in [5, 5.41) is 0.675. The zero-order valence-electron chi connectivity index (χ0n) is 10.7. The van der Waals surface area contributed by atoms with E-state index in [1.54, 1.807) is 13.0 Å². The highest BCUT2D eigenvalue weighted by atomic mass is 35.5. The summed E-state index contributed by atoms with van der Waals surface area (Å²) in [6.07, 6.45) is 0. The van der Waals surface area contributed by atoms with E-state index in [-0.39, 0.29) is 11.8 Å². The van der Waals surface area contributed by atoms with Gasteiger partial charge in [0, 0.05) is 17.3 Å². The van der Waals surface area contributed by atoms with Crippen LogP contribution in [-0.2, 0) is 11.3 Å². The van der Waals surface area contributed by atoms with Crippen molar-refractivity contribution in [3.8, 4) is 0 Å². The molecule has 94 valence electrons. The van der Waals surface area contributed by atoms with Crippen LogP contribution in [0.4, 0.5) is 5.69 Å². The Balaban J connectivity index is 2.88. The van der Waals surface area contributed by atoms with Crippen LogP contribution in [0.5, 0.6) is 0 Å². The highest BCUT2D eigenvalue weighted by Gasteiger charge is 2.15. The molecule has 0 radical (unpaired) electrons. The maximum absolute atomic E-state index is 11.3. The van der Waals surface area contributed by atoms with Gasteiger partial charge >= 0.3 is 0 Å². The van der Waals surface area contributed by atoms with Gasteiger partial charge in [-0.2, -0.15) is 0 Å². The van der Waals surface area contributed by atoms with Crippen LogP contribution in [0.2, 0.25) is 5.02 Å². The van der Waals surface area contributed by atoms with Crippen molar-refractivity contribution in [3.63, 3.8) is 0 Å². The highest BCUT2D eigenvalue weighted by molar-refractivity contribution is 6.31. The Morgan fingerprint density at radius 2 is 2.12 bits per heavy atom. The van der Waals surface area contributed by atoms with E-state index in [1.165, 1.54) is 0 Å². The Bertz CT molecular complexity index is 432. The third kappa shape index (κ3) is 3.45. The first kappa shape index (κ1) is 14.0. The predicted octanol–water partition coefficient (Wildman–Crippen LogP) is 2.64. The first-order valence-corrected chi connectivity index (χ1v) is 5.96. The molecule has 0 fully saturated rings. The van der Waals surface area contributed by atoms with Gasteiger partial charge in [0.2, 0.25) is 0 Å². The fraction of sp³-hybridized carbons (Fsp3) is 0.462. The molecule has 3 nitrogen and oxygen atoms in total. The lowest BCUT2D eigenvalue weighted by atomic mass is 10.1. The van der Waals surface area contributed by atoms with Crippen LogP contribution in [0.15, 0.2) is 12.1 Å². The SMILES string of the molecule is CC(=O)C(C)N(C)Cc1cc(C)c(Cl)cc1N. The van der Waals surface area contributed by atoms with Gasteiger partial charge in [0.1, 0.15) is 5.78 Å². The number of hydrogen-bond donors (Lipinski definition) is 1. The number of carbonyl (C=O) groups excluding carboxylic acids is 1. The number of nitrogens with zero attached hydrogens (tertiary/aromatic N) is 1. The van der Waals surface area contributed by atoms with Gasteiger partial charge in [-0.1, -0.05) is 17.7 Å². The van der Waals surface area contributed by atoms with Gasteiger partial charge in [-0.05, 0) is 45.0 Å². The zero-order valence-corrected chi connectivity index (χ0v) is 11.5. The molecule has 0 aliphatic carbocycles. The molecule has 0 heterocycles. The molecule has 0 bridgehead atoms. The number of aryl methyl sites for hydroxylation is 1. The molecule has 17 heavy (non-hydrogen) atoms. The maximum atomic E-state index is 11.3. The van der Waals surface area contributed by atoms with Crippen LogP contribution in [0.1, 0.15) is 25.0 Å². The molecule has 0 aromatic heterocycles. The van der Waals surface area contributed by atoms with E-state index in [0.717, 1.165) is 11.1 Å². The van der Waals surface area contributed by atoms with Gasteiger partial charge in [-0.25, -0.2) is 0 Å². The molecule has 1 aromatic carbocycles. The fourth-order valence-electron chi connectivity index (χ4n) is 1.61. The molecule has 0 saturated heterocycles. The van der Waals surface area contributed by atoms with Gasteiger partial charge in [0.15, 0.2) is 0 Å². The summed E-state index contributed by atoms with van der Waals surface area (Å²) in [5.74, 6) is 0.150. The molecule has 1 rings (SSSR count). The van der Waals surface area contributed by atoms with E-state index in [2.05, 4.69) is 0 Å².